The van der Waals surface area contributed by atoms with Gasteiger partial charge in [-0.1, -0.05) is 25.0 Å². The van der Waals surface area contributed by atoms with Gasteiger partial charge in [0.1, 0.15) is 5.75 Å². The number of benzene rings is 1. The number of alkyl halides is 3. The molecule has 1 aliphatic rings. The maximum Gasteiger partial charge on any atom is 0.393 e. The number of halogens is 3. The average Bonchev–Trinajstić information content (AvgIpc) is 2.45. The largest absolute Gasteiger partial charge is 0.497 e. The van der Waals surface area contributed by atoms with Crippen molar-refractivity contribution in [2.24, 2.45) is 5.92 Å². The van der Waals surface area contributed by atoms with Crippen LogP contribution in [0.5, 0.6) is 5.75 Å². The van der Waals surface area contributed by atoms with Crippen molar-refractivity contribution in [2.75, 3.05) is 7.11 Å². The fourth-order valence-corrected chi connectivity index (χ4v) is 2.76. The minimum atomic E-state index is -4.10. The Labute approximate surface area is 117 Å². The number of rotatable bonds is 4. The molecule has 1 N–H and O–H groups in total. The molecule has 0 bridgehead atoms. The van der Waals surface area contributed by atoms with E-state index in [9.17, 15) is 13.2 Å². The number of methoxy groups -OCH3 is 1. The summed E-state index contributed by atoms with van der Waals surface area (Å²) in [6.45, 7) is 0.460. The lowest BCUT2D eigenvalue weighted by Crippen LogP contribution is -2.45. The van der Waals surface area contributed by atoms with Gasteiger partial charge in [0.15, 0.2) is 0 Å². The molecule has 1 fully saturated rings. The Morgan fingerprint density at radius 1 is 1.15 bits per heavy atom. The highest BCUT2D eigenvalue weighted by molar-refractivity contribution is 5.27. The second-order valence-electron chi connectivity index (χ2n) is 5.27. The van der Waals surface area contributed by atoms with Crippen LogP contribution in [0.2, 0.25) is 0 Å². The Morgan fingerprint density at radius 2 is 1.80 bits per heavy atom. The van der Waals surface area contributed by atoms with Crippen LogP contribution >= 0.6 is 0 Å². The van der Waals surface area contributed by atoms with Crippen molar-refractivity contribution in [1.29, 1.82) is 0 Å². The van der Waals surface area contributed by atoms with E-state index in [4.69, 9.17) is 4.74 Å². The number of ether oxygens (including phenoxy) is 1. The van der Waals surface area contributed by atoms with E-state index in [1.54, 1.807) is 7.11 Å². The smallest absolute Gasteiger partial charge is 0.393 e. The van der Waals surface area contributed by atoms with Crippen LogP contribution < -0.4 is 10.1 Å². The maximum absolute atomic E-state index is 13.0. The van der Waals surface area contributed by atoms with Crippen LogP contribution in [-0.4, -0.2) is 19.3 Å². The van der Waals surface area contributed by atoms with Crippen LogP contribution in [-0.2, 0) is 6.54 Å². The molecule has 2 unspecified atom stereocenters. The predicted octanol–water partition coefficient (Wildman–Crippen LogP) is 3.91. The highest BCUT2D eigenvalue weighted by Crippen LogP contribution is 2.37. The highest BCUT2D eigenvalue weighted by atomic mass is 19.4. The summed E-state index contributed by atoms with van der Waals surface area (Å²) in [5, 5.41) is 3.07. The quantitative estimate of drug-likeness (QED) is 0.906. The van der Waals surface area contributed by atoms with Gasteiger partial charge in [-0.25, -0.2) is 0 Å². The molecule has 0 heterocycles. The van der Waals surface area contributed by atoms with Gasteiger partial charge >= 0.3 is 6.18 Å². The van der Waals surface area contributed by atoms with Crippen LogP contribution in [0, 0.1) is 5.92 Å². The van der Waals surface area contributed by atoms with Gasteiger partial charge in [-0.2, -0.15) is 13.2 Å². The minimum absolute atomic E-state index is 0.240. The lowest BCUT2D eigenvalue weighted by molar-refractivity contribution is -0.189. The van der Waals surface area contributed by atoms with Crippen molar-refractivity contribution < 1.29 is 17.9 Å². The van der Waals surface area contributed by atoms with E-state index in [1.165, 1.54) is 0 Å². The Balaban J connectivity index is 1.93. The zero-order chi connectivity index (χ0) is 14.6. The molecule has 2 atom stereocenters. The van der Waals surface area contributed by atoms with E-state index in [0.717, 1.165) is 17.7 Å². The Kier molecular flexibility index (Phi) is 4.91. The van der Waals surface area contributed by atoms with Crippen molar-refractivity contribution >= 4 is 0 Å². The summed E-state index contributed by atoms with van der Waals surface area (Å²) in [7, 11) is 1.59. The van der Waals surface area contributed by atoms with E-state index in [0.29, 0.717) is 19.4 Å². The third-order valence-corrected chi connectivity index (χ3v) is 3.91. The molecule has 0 aliphatic heterocycles. The zero-order valence-electron chi connectivity index (χ0n) is 11.5. The third kappa shape index (κ3) is 3.88. The van der Waals surface area contributed by atoms with Crippen LogP contribution in [0.25, 0.3) is 0 Å². The molecule has 1 aliphatic carbocycles. The van der Waals surface area contributed by atoms with Crippen molar-refractivity contribution in [3.8, 4) is 5.75 Å². The van der Waals surface area contributed by atoms with Crippen molar-refractivity contribution in [3.63, 3.8) is 0 Å². The first-order valence-electron chi connectivity index (χ1n) is 6.93. The molecule has 0 saturated heterocycles. The van der Waals surface area contributed by atoms with Gasteiger partial charge in [-0.05, 0) is 30.5 Å². The first-order valence-corrected chi connectivity index (χ1v) is 6.93. The highest BCUT2D eigenvalue weighted by Gasteiger charge is 2.45. The summed E-state index contributed by atoms with van der Waals surface area (Å²) in [6, 6.07) is 6.91. The van der Waals surface area contributed by atoms with Gasteiger partial charge in [0.05, 0.1) is 13.0 Å². The normalized spacial score (nSPS) is 23.6. The van der Waals surface area contributed by atoms with Crippen molar-refractivity contribution in [2.45, 2.75) is 44.4 Å². The molecular weight excluding hydrogens is 267 g/mol. The molecule has 5 heteroatoms. The molecule has 0 radical (unpaired) electrons. The Bertz CT molecular complexity index is 416. The predicted molar refractivity (Wildman–Crippen MR) is 71.6 cm³/mol. The lowest BCUT2D eigenvalue weighted by atomic mass is 9.84. The first kappa shape index (κ1) is 15.2. The number of nitrogens with one attached hydrogen (secondary N) is 1. The molecule has 1 aromatic rings. The third-order valence-electron chi connectivity index (χ3n) is 3.91. The molecule has 2 rings (SSSR count). The van der Waals surface area contributed by atoms with Crippen LogP contribution in [0.15, 0.2) is 24.3 Å². The average molecular weight is 287 g/mol. The first-order chi connectivity index (χ1) is 9.50. The summed E-state index contributed by atoms with van der Waals surface area (Å²) >= 11 is 0. The van der Waals surface area contributed by atoms with Crippen LogP contribution in [0.1, 0.15) is 31.2 Å². The molecule has 0 spiro atoms. The SMILES string of the molecule is COc1ccc(CNC2CCCCC2C(F)(F)F)cc1. The monoisotopic (exact) mass is 287 g/mol. The van der Waals surface area contributed by atoms with Crippen LogP contribution in [0.4, 0.5) is 13.2 Å². The number of hydrogen-bond acceptors (Lipinski definition) is 2. The molecule has 20 heavy (non-hydrogen) atoms. The van der Waals surface area contributed by atoms with E-state index in [2.05, 4.69) is 5.32 Å². The van der Waals surface area contributed by atoms with Crippen LogP contribution in [0.3, 0.4) is 0 Å². The molecule has 112 valence electrons. The van der Waals surface area contributed by atoms with E-state index in [-0.39, 0.29) is 6.42 Å². The standard InChI is InChI=1S/C15H20F3NO/c1-20-12-8-6-11(7-9-12)10-19-14-5-3-2-4-13(14)15(16,17)18/h6-9,13-14,19H,2-5,10H2,1H3. The van der Waals surface area contributed by atoms with E-state index >= 15 is 0 Å². The topological polar surface area (TPSA) is 21.3 Å². The second-order valence-corrected chi connectivity index (χ2v) is 5.27. The molecule has 1 aromatic carbocycles. The van der Waals surface area contributed by atoms with Crippen molar-refractivity contribution in [1.82, 2.24) is 5.32 Å². The molecule has 0 amide bonds. The van der Waals surface area contributed by atoms with Gasteiger partial charge in [-0.3, -0.25) is 0 Å². The van der Waals surface area contributed by atoms with Gasteiger partial charge in [0.25, 0.3) is 0 Å². The molecular formula is C15H20F3NO. The molecule has 0 aromatic heterocycles. The van der Waals surface area contributed by atoms with E-state index < -0.39 is 18.1 Å². The molecule has 1 saturated carbocycles. The summed E-state index contributed by atoms with van der Waals surface area (Å²) in [5.41, 5.74) is 0.970. The second kappa shape index (κ2) is 6.48. The van der Waals surface area contributed by atoms with Gasteiger partial charge < -0.3 is 10.1 Å². The zero-order valence-corrected chi connectivity index (χ0v) is 11.5. The maximum atomic E-state index is 13.0. The summed E-state index contributed by atoms with van der Waals surface area (Å²) in [4.78, 5) is 0. The number of hydrogen-bond donors (Lipinski definition) is 1. The Morgan fingerprint density at radius 3 is 2.40 bits per heavy atom. The van der Waals surface area contributed by atoms with Gasteiger partial charge in [-0.15, -0.1) is 0 Å². The fraction of sp³-hybridized carbons (Fsp3) is 0.600. The van der Waals surface area contributed by atoms with Gasteiger partial charge in [0, 0.05) is 12.6 Å². The van der Waals surface area contributed by atoms with Gasteiger partial charge in [0.2, 0.25) is 0 Å². The van der Waals surface area contributed by atoms with Crippen molar-refractivity contribution in [3.05, 3.63) is 29.8 Å². The summed E-state index contributed by atoms with van der Waals surface area (Å²) in [5.74, 6) is -0.464. The minimum Gasteiger partial charge on any atom is -0.497 e. The lowest BCUT2D eigenvalue weighted by Gasteiger charge is -2.33. The molecule has 2 nitrogen and oxygen atoms in total. The summed E-state index contributed by atoms with van der Waals surface area (Å²) in [6.07, 6.45) is -1.72. The fourth-order valence-electron chi connectivity index (χ4n) is 2.76. The summed E-state index contributed by atoms with van der Waals surface area (Å²) < 4.78 is 43.9. The Hall–Kier alpha value is -1.23. The van der Waals surface area contributed by atoms with E-state index in [1.807, 2.05) is 24.3 Å².